The third-order valence-corrected chi connectivity index (χ3v) is 6.28. The Morgan fingerprint density at radius 3 is 2.58 bits per heavy atom. The zero-order valence-electron chi connectivity index (χ0n) is 24.9. The number of methoxy groups -OCH3 is 1. The van der Waals surface area contributed by atoms with E-state index in [0.717, 1.165) is 11.1 Å². The van der Waals surface area contributed by atoms with Crippen LogP contribution < -0.4 is 15.0 Å². The highest BCUT2D eigenvalue weighted by Gasteiger charge is 2.34. The number of pyridine rings is 1. The topological polar surface area (TPSA) is 124 Å². The molecule has 0 aliphatic carbocycles. The lowest BCUT2D eigenvalue weighted by Crippen LogP contribution is -2.52. The minimum Gasteiger partial charge on any atom is -0.497 e. The molecule has 0 radical (unpaired) electrons. The Labute approximate surface area is 250 Å². The van der Waals surface area contributed by atoms with Crippen molar-refractivity contribution in [2.75, 3.05) is 51.5 Å². The molecule has 0 saturated carbocycles. The molecule has 12 nitrogen and oxygen atoms in total. The number of hydrogen-bond acceptors (Lipinski definition) is 8. The lowest BCUT2D eigenvalue weighted by atomic mass is 10.2. The molecular weight excluding hydrogens is 554 g/mol. The molecule has 1 N–H and O–H groups in total. The minimum atomic E-state index is -0.537. The predicted octanol–water partition coefficient (Wildman–Crippen LogP) is 3.61. The summed E-state index contributed by atoms with van der Waals surface area (Å²) >= 11 is 0. The maximum Gasteiger partial charge on any atom is 0.407 e. The first kappa shape index (κ1) is 31.3. The van der Waals surface area contributed by atoms with Crippen molar-refractivity contribution >= 4 is 29.5 Å². The van der Waals surface area contributed by atoms with Gasteiger partial charge in [-0.05, 0) is 50.6 Å². The zero-order chi connectivity index (χ0) is 30.8. The minimum absolute atomic E-state index is 0.175. The van der Waals surface area contributed by atoms with Crippen molar-refractivity contribution < 1.29 is 33.3 Å². The van der Waals surface area contributed by atoms with Crippen molar-refractivity contribution in [2.24, 2.45) is 0 Å². The molecule has 1 saturated heterocycles. The van der Waals surface area contributed by atoms with Crippen molar-refractivity contribution in [2.45, 2.75) is 39.3 Å². The van der Waals surface area contributed by atoms with E-state index in [1.807, 2.05) is 24.3 Å². The van der Waals surface area contributed by atoms with E-state index in [2.05, 4.69) is 22.1 Å². The number of anilines is 1. The average molecular weight is 592 g/mol. The van der Waals surface area contributed by atoms with Gasteiger partial charge in [-0.15, -0.1) is 0 Å². The summed E-state index contributed by atoms with van der Waals surface area (Å²) in [5, 5.41) is 2.62. The van der Waals surface area contributed by atoms with Crippen LogP contribution in [0.3, 0.4) is 0 Å². The molecule has 43 heavy (non-hydrogen) atoms. The van der Waals surface area contributed by atoms with Gasteiger partial charge in [0.05, 0.1) is 39.7 Å². The average Bonchev–Trinajstić information content (AvgIpc) is 3.38. The largest absolute Gasteiger partial charge is 0.497 e. The molecule has 3 heterocycles. The Morgan fingerprint density at radius 1 is 1.07 bits per heavy atom. The molecule has 1 aliphatic heterocycles. The number of hydrogen-bond donors (Lipinski definition) is 1. The van der Waals surface area contributed by atoms with E-state index in [9.17, 15) is 14.4 Å². The first-order valence-corrected chi connectivity index (χ1v) is 14.0. The highest BCUT2D eigenvalue weighted by atomic mass is 16.6. The lowest BCUT2D eigenvalue weighted by Gasteiger charge is -2.33. The number of amides is 4. The number of imide groups is 1. The second-order valence-electron chi connectivity index (χ2n) is 10.7. The maximum atomic E-state index is 13.3. The molecule has 0 atom stereocenters. The third kappa shape index (κ3) is 8.94. The van der Waals surface area contributed by atoms with Gasteiger partial charge in [0.2, 0.25) is 5.91 Å². The normalized spacial score (nSPS) is 13.6. The van der Waals surface area contributed by atoms with E-state index < -0.39 is 17.7 Å². The van der Waals surface area contributed by atoms with Crippen LogP contribution in [0.5, 0.6) is 5.75 Å². The number of benzene rings is 1. The van der Waals surface area contributed by atoms with Crippen LogP contribution in [0.25, 0.3) is 5.65 Å². The van der Waals surface area contributed by atoms with Crippen molar-refractivity contribution in [3.05, 3.63) is 59.9 Å². The van der Waals surface area contributed by atoms with E-state index in [-0.39, 0.29) is 32.0 Å². The molecule has 1 aromatic carbocycles. The number of imidazole rings is 1. The fourth-order valence-electron chi connectivity index (χ4n) is 4.24. The zero-order valence-corrected chi connectivity index (χ0v) is 24.9. The molecule has 0 bridgehead atoms. The molecule has 0 unspecified atom stereocenters. The Hall–Kier alpha value is -4.60. The molecule has 1 fully saturated rings. The van der Waals surface area contributed by atoms with E-state index >= 15 is 0 Å². The van der Waals surface area contributed by atoms with Gasteiger partial charge in [-0.3, -0.25) is 19.0 Å². The molecule has 12 heteroatoms. The highest BCUT2D eigenvalue weighted by molar-refractivity contribution is 6.05. The Bertz CT molecular complexity index is 1480. The number of fused-ring (bicyclic) bond motifs is 1. The van der Waals surface area contributed by atoms with Crippen LogP contribution in [0.4, 0.5) is 15.4 Å². The summed E-state index contributed by atoms with van der Waals surface area (Å²) < 4.78 is 23.1. The number of ether oxygens (including phenoxy) is 4. The molecule has 3 aromatic rings. The SMILES string of the molecule is COc1ccc(CN2C(=O)CCN(c3cnc4cc(C#CCOCCOCCNC(=O)OC(C)(C)C)ccn34)C2=O)cc1. The molecular formula is C31H37N5O7. The molecule has 1 aliphatic rings. The predicted molar refractivity (Wildman–Crippen MR) is 159 cm³/mol. The van der Waals surface area contributed by atoms with Gasteiger partial charge in [0.1, 0.15) is 29.4 Å². The number of alkyl carbamates (subject to hydrolysis) is 1. The van der Waals surface area contributed by atoms with E-state index in [1.54, 1.807) is 61.7 Å². The molecule has 4 amide bonds. The summed E-state index contributed by atoms with van der Waals surface area (Å²) in [4.78, 5) is 44.8. The Kier molecular flexibility index (Phi) is 10.6. The summed E-state index contributed by atoms with van der Waals surface area (Å²) in [6.45, 7) is 7.52. The number of aromatic nitrogens is 2. The number of nitrogens with one attached hydrogen (secondary N) is 1. The Morgan fingerprint density at radius 2 is 1.84 bits per heavy atom. The smallest absolute Gasteiger partial charge is 0.407 e. The van der Waals surface area contributed by atoms with Crippen molar-refractivity contribution in [3.8, 4) is 17.6 Å². The monoisotopic (exact) mass is 591 g/mol. The van der Waals surface area contributed by atoms with E-state index in [0.29, 0.717) is 43.6 Å². The lowest BCUT2D eigenvalue weighted by molar-refractivity contribution is -0.129. The summed E-state index contributed by atoms with van der Waals surface area (Å²) in [5.74, 6) is 7.09. The van der Waals surface area contributed by atoms with Gasteiger partial charge in [-0.1, -0.05) is 24.0 Å². The highest BCUT2D eigenvalue weighted by Crippen LogP contribution is 2.24. The van der Waals surface area contributed by atoms with Gasteiger partial charge < -0.3 is 24.3 Å². The van der Waals surface area contributed by atoms with Crippen LogP contribution in [-0.2, 0) is 25.5 Å². The van der Waals surface area contributed by atoms with Gasteiger partial charge in [-0.25, -0.2) is 14.6 Å². The summed E-state index contributed by atoms with van der Waals surface area (Å²) in [5.41, 5.74) is 1.67. The van der Waals surface area contributed by atoms with Gasteiger partial charge in [0.25, 0.3) is 0 Å². The fourth-order valence-corrected chi connectivity index (χ4v) is 4.24. The van der Waals surface area contributed by atoms with Crippen molar-refractivity contribution in [3.63, 3.8) is 0 Å². The first-order valence-electron chi connectivity index (χ1n) is 14.0. The molecule has 228 valence electrons. The second kappa shape index (κ2) is 14.5. The molecule has 2 aromatic heterocycles. The fraction of sp³-hybridized carbons (Fsp3) is 0.419. The van der Waals surface area contributed by atoms with E-state index in [1.165, 1.54) is 4.90 Å². The van der Waals surface area contributed by atoms with Crippen LogP contribution in [0.1, 0.15) is 38.3 Å². The molecule has 4 rings (SSSR count). The third-order valence-electron chi connectivity index (χ3n) is 6.28. The Balaban J connectivity index is 1.24. The van der Waals surface area contributed by atoms with Crippen LogP contribution >= 0.6 is 0 Å². The number of carbonyl (C=O) groups excluding carboxylic acids is 3. The summed E-state index contributed by atoms with van der Waals surface area (Å²) in [6.07, 6.45) is 3.17. The number of carbonyl (C=O) groups is 3. The quantitative estimate of drug-likeness (QED) is 0.265. The van der Waals surface area contributed by atoms with Crippen LogP contribution in [0, 0.1) is 11.8 Å². The van der Waals surface area contributed by atoms with E-state index in [4.69, 9.17) is 18.9 Å². The van der Waals surface area contributed by atoms with Gasteiger partial charge in [0.15, 0.2) is 0 Å². The van der Waals surface area contributed by atoms with Crippen LogP contribution in [0.2, 0.25) is 0 Å². The van der Waals surface area contributed by atoms with Gasteiger partial charge in [0, 0.05) is 31.3 Å². The summed E-state index contributed by atoms with van der Waals surface area (Å²) in [7, 11) is 1.59. The first-order chi connectivity index (χ1) is 20.6. The summed E-state index contributed by atoms with van der Waals surface area (Å²) in [6, 6.07) is 10.5. The number of urea groups is 1. The second-order valence-corrected chi connectivity index (χ2v) is 10.7. The number of rotatable bonds is 11. The molecule has 0 spiro atoms. The van der Waals surface area contributed by atoms with Crippen molar-refractivity contribution in [1.82, 2.24) is 19.6 Å². The standard InChI is InChI=1S/C31H37N5O7/c1-31(2,3)43-29(38)32-13-17-42-19-18-41-16-5-6-23-11-14-34-26(20-23)33-21-27(34)35-15-12-28(37)36(30(35)39)22-24-7-9-25(40-4)10-8-24/h7-11,14,20-21H,12-13,15-19,22H2,1-4H3,(H,32,38). The maximum absolute atomic E-state index is 13.3. The van der Waals surface area contributed by atoms with Crippen LogP contribution in [-0.4, -0.2) is 84.5 Å². The van der Waals surface area contributed by atoms with Crippen LogP contribution in [0.15, 0.2) is 48.8 Å². The van der Waals surface area contributed by atoms with Gasteiger partial charge in [-0.2, -0.15) is 0 Å². The van der Waals surface area contributed by atoms with Crippen molar-refractivity contribution in [1.29, 1.82) is 0 Å². The number of nitrogens with zero attached hydrogens (tertiary/aromatic N) is 4. The van der Waals surface area contributed by atoms with Gasteiger partial charge >= 0.3 is 12.1 Å².